The molecule has 0 saturated carbocycles. The Balaban J connectivity index is 1.66. The minimum absolute atomic E-state index is 0.0717. The summed E-state index contributed by atoms with van der Waals surface area (Å²) >= 11 is 2.27. The largest absolute Gasteiger partial charge is 0.455 e. The number of anilines is 2. The molecule has 26 heavy (non-hydrogen) atoms. The van der Waals surface area contributed by atoms with Crippen LogP contribution < -0.4 is 15.4 Å². The number of carbonyl (C=O) groups is 1. The van der Waals surface area contributed by atoms with Crippen molar-refractivity contribution in [2.75, 3.05) is 10.6 Å². The summed E-state index contributed by atoms with van der Waals surface area (Å²) in [6.07, 6.45) is 0. The summed E-state index contributed by atoms with van der Waals surface area (Å²) in [5, 5.41) is 6.17. The van der Waals surface area contributed by atoms with E-state index in [1.165, 1.54) is 10.5 Å². The van der Waals surface area contributed by atoms with Gasteiger partial charge in [-0.3, -0.25) is 4.79 Å². The van der Waals surface area contributed by atoms with Crippen LogP contribution in [-0.2, 0) is 11.3 Å². The van der Waals surface area contributed by atoms with Crippen LogP contribution in [0.5, 0.6) is 11.5 Å². The van der Waals surface area contributed by atoms with E-state index in [1.54, 1.807) is 0 Å². The molecular weight excluding hydrogens is 439 g/mol. The number of hydrogen-bond acceptors (Lipinski definition) is 3. The van der Waals surface area contributed by atoms with E-state index >= 15 is 0 Å². The van der Waals surface area contributed by atoms with Crippen molar-refractivity contribution in [2.45, 2.75) is 13.5 Å². The van der Waals surface area contributed by atoms with Gasteiger partial charge in [-0.2, -0.15) is 0 Å². The van der Waals surface area contributed by atoms with Gasteiger partial charge in [-0.15, -0.1) is 0 Å². The highest BCUT2D eigenvalue weighted by Crippen LogP contribution is 2.30. The van der Waals surface area contributed by atoms with Gasteiger partial charge in [0.2, 0.25) is 5.91 Å². The van der Waals surface area contributed by atoms with Crippen LogP contribution in [0.4, 0.5) is 11.4 Å². The first-order valence-electron chi connectivity index (χ1n) is 8.23. The standard InChI is InChI=1S/C21H19IN2O2/c1-15(25)24-18-10-6-16(7-11-18)14-23-20-4-2-3-5-21(20)26-19-12-8-17(22)9-13-19/h2-13,23H,14H2,1H3,(H,24,25). The van der Waals surface area contributed by atoms with Gasteiger partial charge in [0.05, 0.1) is 5.69 Å². The Morgan fingerprint density at radius 3 is 2.35 bits per heavy atom. The fourth-order valence-electron chi connectivity index (χ4n) is 2.44. The lowest BCUT2D eigenvalue weighted by atomic mass is 10.2. The van der Waals surface area contributed by atoms with Crippen molar-refractivity contribution in [1.82, 2.24) is 0 Å². The van der Waals surface area contributed by atoms with E-state index in [2.05, 4.69) is 33.2 Å². The zero-order chi connectivity index (χ0) is 18.4. The SMILES string of the molecule is CC(=O)Nc1ccc(CNc2ccccc2Oc2ccc(I)cc2)cc1. The van der Waals surface area contributed by atoms with Crippen LogP contribution in [0.25, 0.3) is 0 Å². The van der Waals surface area contributed by atoms with Crippen LogP contribution in [0.3, 0.4) is 0 Å². The van der Waals surface area contributed by atoms with Crippen LogP contribution in [0.15, 0.2) is 72.8 Å². The van der Waals surface area contributed by atoms with Crippen LogP contribution in [0.1, 0.15) is 12.5 Å². The molecule has 1 amide bonds. The van der Waals surface area contributed by atoms with Crippen molar-refractivity contribution < 1.29 is 9.53 Å². The summed E-state index contributed by atoms with van der Waals surface area (Å²) in [6, 6.07) is 23.6. The highest BCUT2D eigenvalue weighted by atomic mass is 127. The van der Waals surface area contributed by atoms with Crippen LogP contribution in [0, 0.1) is 3.57 Å². The second-order valence-electron chi connectivity index (χ2n) is 5.78. The third-order valence-corrected chi connectivity index (χ3v) is 4.40. The summed E-state index contributed by atoms with van der Waals surface area (Å²) in [7, 11) is 0. The highest BCUT2D eigenvalue weighted by Gasteiger charge is 2.05. The number of rotatable bonds is 6. The first-order valence-corrected chi connectivity index (χ1v) is 9.31. The van der Waals surface area contributed by atoms with Gasteiger partial charge < -0.3 is 15.4 Å². The number of para-hydroxylation sites is 2. The van der Waals surface area contributed by atoms with E-state index in [4.69, 9.17) is 4.74 Å². The lowest BCUT2D eigenvalue weighted by molar-refractivity contribution is -0.114. The van der Waals surface area contributed by atoms with E-state index in [0.717, 1.165) is 28.4 Å². The molecule has 0 aromatic heterocycles. The molecule has 0 unspecified atom stereocenters. The number of ether oxygens (including phenoxy) is 1. The quantitative estimate of drug-likeness (QED) is 0.470. The number of halogens is 1. The third-order valence-electron chi connectivity index (χ3n) is 3.69. The van der Waals surface area contributed by atoms with E-state index < -0.39 is 0 Å². The molecule has 132 valence electrons. The molecule has 3 aromatic rings. The summed E-state index contributed by atoms with van der Waals surface area (Å²) < 4.78 is 7.17. The van der Waals surface area contributed by atoms with Crippen molar-refractivity contribution >= 4 is 39.9 Å². The number of benzene rings is 3. The Hall–Kier alpha value is -2.54. The van der Waals surface area contributed by atoms with Gasteiger partial charge in [0.15, 0.2) is 5.75 Å². The van der Waals surface area contributed by atoms with Crippen LogP contribution >= 0.6 is 22.6 Å². The zero-order valence-electron chi connectivity index (χ0n) is 14.3. The average molecular weight is 458 g/mol. The normalized spacial score (nSPS) is 10.2. The molecule has 0 spiro atoms. The van der Waals surface area contributed by atoms with Crippen molar-refractivity contribution in [3.05, 3.63) is 81.9 Å². The molecule has 0 atom stereocenters. The van der Waals surface area contributed by atoms with Gasteiger partial charge in [-0.05, 0) is 76.7 Å². The van der Waals surface area contributed by atoms with Crippen molar-refractivity contribution in [3.8, 4) is 11.5 Å². The number of amides is 1. The van der Waals surface area contributed by atoms with Crippen molar-refractivity contribution in [1.29, 1.82) is 0 Å². The predicted molar refractivity (Wildman–Crippen MR) is 114 cm³/mol. The molecule has 4 nitrogen and oxygen atoms in total. The van der Waals surface area contributed by atoms with Gasteiger partial charge in [0.25, 0.3) is 0 Å². The minimum Gasteiger partial charge on any atom is -0.455 e. The maximum atomic E-state index is 11.1. The monoisotopic (exact) mass is 458 g/mol. The Morgan fingerprint density at radius 2 is 1.65 bits per heavy atom. The second kappa shape index (κ2) is 8.71. The summed E-state index contributed by atoms with van der Waals surface area (Å²) in [5.74, 6) is 1.51. The van der Waals surface area contributed by atoms with Gasteiger partial charge in [-0.1, -0.05) is 24.3 Å². The molecule has 2 N–H and O–H groups in total. The summed E-state index contributed by atoms with van der Waals surface area (Å²) in [4.78, 5) is 11.1. The molecule has 0 radical (unpaired) electrons. The van der Waals surface area contributed by atoms with Crippen molar-refractivity contribution in [3.63, 3.8) is 0 Å². The van der Waals surface area contributed by atoms with Gasteiger partial charge in [0.1, 0.15) is 5.75 Å². The van der Waals surface area contributed by atoms with E-state index in [0.29, 0.717) is 6.54 Å². The first-order chi connectivity index (χ1) is 12.6. The van der Waals surface area contributed by atoms with E-state index in [9.17, 15) is 4.79 Å². The zero-order valence-corrected chi connectivity index (χ0v) is 16.5. The Morgan fingerprint density at radius 1 is 0.962 bits per heavy atom. The van der Waals surface area contributed by atoms with Gasteiger partial charge in [0, 0.05) is 22.7 Å². The minimum atomic E-state index is -0.0717. The molecule has 3 aromatic carbocycles. The third kappa shape index (κ3) is 5.23. The summed E-state index contributed by atoms with van der Waals surface area (Å²) in [6.45, 7) is 2.16. The molecule has 0 fully saturated rings. The fourth-order valence-corrected chi connectivity index (χ4v) is 2.80. The lowest BCUT2D eigenvalue weighted by Gasteiger charge is -2.13. The molecule has 0 aliphatic rings. The molecule has 3 rings (SSSR count). The molecule has 0 aliphatic heterocycles. The first kappa shape index (κ1) is 18.3. The molecule has 0 saturated heterocycles. The van der Waals surface area contributed by atoms with Crippen LogP contribution in [-0.4, -0.2) is 5.91 Å². The average Bonchev–Trinajstić information content (AvgIpc) is 2.64. The van der Waals surface area contributed by atoms with E-state index in [1.807, 2.05) is 72.8 Å². The Labute approximate surface area is 166 Å². The number of nitrogens with one attached hydrogen (secondary N) is 2. The van der Waals surface area contributed by atoms with Crippen LogP contribution in [0.2, 0.25) is 0 Å². The second-order valence-corrected chi connectivity index (χ2v) is 7.03. The lowest BCUT2D eigenvalue weighted by Crippen LogP contribution is -2.06. The smallest absolute Gasteiger partial charge is 0.221 e. The maximum Gasteiger partial charge on any atom is 0.221 e. The number of carbonyl (C=O) groups excluding carboxylic acids is 1. The molecule has 0 bridgehead atoms. The predicted octanol–water partition coefficient (Wildman–Crippen LogP) is 5.65. The van der Waals surface area contributed by atoms with Gasteiger partial charge in [-0.25, -0.2) is 0 Å². The molecular formula is C21H19IN2O2. The molecule has 0 heterocycles. The molecule has 5 heteroatoms. The highest BCUT2D eigenvalue weighted by molar-refractivity contribution is 14.1. The maximum absolute atomic E-state index is 11.1. The summed E-state index contributed by atoms with van der Waals surface area (Å²) in [5.41, 5.74) is 2.84. The number of hydrogen-bond donors (Lipinski definition) is 2. The van der Waals surface area contributed by atoms with E-state index in [-0.39, 0.29) is 5.91 Å². The Bertz CT molecular complexity index is 877. The fraction of sp³-hybridized carbons (Fsp3) is 0.0952. The molecule has 0 aliphatic carbocycles. The Kier molecular flexibility index (Phi) is 6.12. The van der Waals surface area contributed by atoms with Crippen molar-refractivity contribution in [2.24, 2.45) is 0 Å². The topological polar surface area (TPSA) is 50.4 Å². The van der Waals surface area contributed by atoms with Gasteiger partial charge >= 0.3 is 0 Å².